The summed E-state index contributed by atoms with van der Waals surface area (Å²) >= 11 is 0. The van der Waals surface area contributed by atoms with E-state index in [2.05, 4.69) is 10.3 Å². The molecule has 1 aromatic rings. The van der Waals surface area contributed by atoms with Gasteiger partial charge in [-0.15, -0.1) is 0 Å². The number of piperidine rings is 1. The number of carboxylic acids is 1. The maximum atomic E-state index is 12.1. The van der Waals surface area contributed by atoms with Gasteiger partial charge in [0.2, 0.25) is 0 Å². The fraction of sp³-hybridized carbons (Fsp3) is 0.643. The molecule has 21 heavy (non-hydrogen) atoms. The Bertz CT molecular complexity index is 461. The zero-order valence-corrected chi connectivity index (χ0v) is 12.1. The highest BCUT2D eigenvalue weighted by atomic mass is 16.4. The van der Waals surface area contributed by atoms with Gasteiger partial charge in [0.15, 0.2) is 0 Å². The first-order valence-electron chi connectivity index (χ1n) is 7.35. The van der Waals surface area contributed by atoms with Gasteiger partial charge in [-0.1, -0.05) is 0 Å². The Labute approximate surface area is 124 Å². The molecule has 2 N–H and O–H groups in total. The zero-order valence-electron chi connectivity index (χ0n) is 12.1. The van der Waals surface area contributed by atoms with E-state index in [1.807, 2.05) is 10.8 Å². The summed E-state index contributed by atoms with van der Waals surface area (Å²) in [6.07, 6.45) is 8.06. The number of carboxylic acid groups (broad SMARTS) is 1. The van der Waals surface area contributed by atoms with Crippen molar-refractivity contribution in [3.8, 4) is 0 Å². The maximum absolute atomic E-state index is 12.1. The van der Waals surface area contributed by atoms with Gasteiger partial charge in [0.25, 0.3) is 0 Å². The molecule has 1 aliphatic rings. The molecule has 2 amide bonds. The molecule has 0 aromatic carbocycles. The molecule has 1 saturated heterocycles. The number of aromatic nitrogens is 2. The third kappa shape index (κ3) is 5.09. The number of carbonyl (C=O) groups excluding carboxylic acids is 1. The van der Waals surface area contributed by atoms with Crippen LogP contribution in [0.5, 0.6) is 0 Å². The number of rotatable bonds is 6. The molecule has 1 fully saturated rings. The summed E-state index contributed by atoms with van der Waals surface area (Å²) in [5, 5.41) is 11.6. The summed E-state index contributed by atoms with van der Waals surface area (Å²) in [6.45, 7) is 2.66. The molecule has 7 heteroatoms. The molecule has 2 rings (SSSR count). The van der Waals surface area contributed by atoms with Crippen molar-refractivity contribution >= 4 is 12.0 Å². The smallest absolute Gasteiger partial charge is 0.317 e. The van der Waals surface area contributed by atoms with Crippen LogP contribution in [0.2, 0.25) is 0 Å². The fourth-order valence-corrected chi connectivity index (χ4v) is 2.64. The topological polar surface area (TPSA) is 87.5 Å². The molecule has 0 spiro atoms. The molecule has 1 atom stereocenters. The number of carbonyl (C=O) groups is 2. The summed E-state index contributed by atoms with van der Waals surface area (Å²) in [5.41, 5.74) is 0. The van der Waals surface area contributed by atoms with Crippen LogP contribution >= 0.6 is 0 Å². The minimum atomic E-state index is -0.767. The zero-order chi connectivity index (χ0) is 15.1. The Kier molecular flexibility index (Phi) is 5.59. The van der Waals surface area contributed by atoms with Gasteiger partial charge in [0.05, 0.1) is 6.33 Å². The van der Waals surface area contributed by atoms with Crippen molar-refractivity contribution in [3.63, 3.8) is 0 Å². The fourth-order valence-electron chi connectivity index (χ4n) is 2.64. The second-order valence-electron chi connectivity index (χ2n) is 5.42. The second-order valence-corrected chi connectivity index (χ2v) is 5.42. The second kappa shape index (κ2) is 7.66. The van der Waals surface area contributed by atoms with Crippen LogP contribution < -0.4 is 5.32 Å². The van der Waals surface area contributed by atoms with Crippen LogP contribution in [-0.4, -0.2) is 51.2 Å². The molecule has 0 saturated carbocycles. The van der Waals surface area contributed by atoms with E-state index in [0.717, 1.165) is 19.4 Å². The third-order valence-electron chi connectivity index (χ3n) is 3.78. The highest BCUT2D eigenvalue weighted by Crippen LogP contribution is 2.20. The number of amides is 2. The number of hydrogen-bond donors (Lipinski definition) is 2. The normalized spacial score (nSPS) is 18.5. The third-order valence-corrected chi connectivity index (χ3v) is 3.78. The van der Waals surface area contributed by atoms with Crippen LogP contribution in [0.15, 0.2) is 18.7 Å². The SMILES string of the molecule is O=C(O)CCC1CCCN(C(=O)NCCn2ccnc2)C1. The Balaban J connectivity index is 1.70. The van der Waals surface area contributed by atoms with Gasteiger partial charge in [0.1, 0.15) is 0 Å². The van der Waals surface area contributed by atoms with Gasteiger partial charge in [-0.25, -0.2) is 9.78 Å². The van der Waals surface area contributed by atoms with Gasteiger partial charge in [0, 0.05) is 45.0 Å². The quantitative estimate of drug-likeness (QED) is 0.824. The van der Waals surface area contributed by atoms with Crippen molar-refractivity contribution in [1.29, 1.82) is 0 Å². The van der Waals surface area contributed by atoms with E-state index in [-0.39, 0.29) is 12.5 Å². The van der Waals surface area contributed by atoms with Crippen molar-refractivity contribution in [3.05, 3.63) is 18.7 Å². The van der Waals surface area contributed by atoms with Crippen LogP contribution in [0.4, 0.5) is 4.79 Å². The number of imidazole rings is 1. The number of hydrogen-bond acceptors (Lipinski definition) is 3. The molecule has 2 heterocycles. The molecule has 7 nitrogen and oxygen atoms in total. The molecule has 1 unspecified atom stereocenters. The van der Waals surface area contributed by atoms with Crippen molar-refractivity contribution in [2.24, 2.45) is 5.92 Å². The first-order chi connectivity index (χ1) is 10.1. The highest BCUT2D eigenvalue weighted by molar-refractivity contribution is 5.74. The lowest BCUT2D eigenvalue weighted by atomic mass is 9.93. The van der Waals surface area contributed by atoms with E-state index in [4.69, 9.17) is 5.11 Å². The van der Waals surface area contributed by atoms with Crippen molar-refractivity contribution in [2.45, 2.75) is 32.2 Å². The lowest BCUT2D eigenvalue weighted by Gasteiger charge is -2.32. The van der Waals surface area contributed by atoms with Gasteiger partial charge >= 0.3 is 12.0 Å². The van der Waals surface area contributed by atoms with E-state index < -0.39 is 5.97 Å². The highest BCUT2D eigenvalue weighted by Gasteiger charge is 2.23. The van der Waals surface area contributed by atoms with Gasteiger partial charge in [-0.05, 0) is 25.2 Å². The van der Waals surface area contributed by atoms with Crippen LogP contribution in [-0.2, 0) is 11.3 Å². The Morgan fingerprint density at radius 3 is 3.00 bits per heavy atom. The van der Waals surface area contributed by atoms with E-state index in [1.54, 1.807) is 17.4 Å². The van der Waals surface area contributed by atoms with Crippen LogP contribution in [0.3, 0.4) is 0 Å². The van der Waals surface area contributed by atoms with Crippen LogP contribution in [0.25, 0.3) is 0 Å². The number of aliphatic carboxylic acids is 1. The molecule has 0 aliphatic carbocycles. The van der Waals surface area contributed by atoms with E-state index >= 15 is 0 Å². The van der Waals surface area contributed by atoms with Gasteiger partial charge in [-0.2, -0.15) is 0 Å². The lowest BCUT2D eigenvalue weighted by Crippen LogP contribution is -2.46. The predicted molar refractivity (Wildman–Crippen MR) is 76.8 cm³/mol. The summed E-state index contributed by atoms with van der Waals surface area (Å²) in [6, 6.07) is -0.0601. The summed E-state index contributed by atoms with van der Waals surface area (Å²) < 4.78 is 1.91. The lowest BCUT2D eigenvalue weighted by molar-refractivity contribution is -0.137. The minimum Gasteiger partial charge on any atom is -0.481 e. The average Bonchev–Trinajstić information content (AvgIpc) is 2.98. The van der Waals surface area contributed by atoms with Crippen molar-refractivity contribution in [1.82, 2.24) is 19.8 Å². The van der Waals surface area contributed by atoms with Crippen molar-refractivity contribution in [2.75, 3.05) is 19.6 Å². The first-order valence-corrected chi connectivity index (χ1v) is 7.35. The number of likely N-dealkylation sites (tertiary alicyclic amines) is 1. The maximum Gasteiger partial charge on any atom is 0.317 e. The summed E-state index contributed by atoms with van der Waals surface area (Å²) in [4.78, 5) is 28.4. The van der Waals surface area contributed by atoms with E-state index in [9.17, 15) is 9.59 Å². The monoisotopic (exact) mass is 294 g/mol. The molecule has 0 radical (unpaired) electrons. The largest absolute Gasteiger partial charge is 0.481 e. The molecular formula is C14H22N4O3. The van der Waals surface area contributed by atoms with E-state index in [0.29, 0.717) is 32.0 Å². The Morgan fingerprint density at radius 2 is 2.29 bits per heavy atom. The predicted octanol–water partition coefficient (Wildman–Crippen LogP) is 1.17. The number of nitrogens with one attached hydrogen (secondary N) is 1. The van der Waals surface area contributed by atoms with Crippen LogP contribution in [0, 0.1) is 5.92 Å². The Morgan fingerprint density at radius 1 is 1.43 bits per heavy atom. The number of nitrogens with zero attached hydrogens (tertiary/aromatic N) is 3. The average molecular weight is 294 g/mol. The molecule has 1 aliphatic heterocycles. The molecule has 116 valence electrons. The number of urea groups is 1. The van der Waals surface area contributed by atoms with Crippen LogP contribution in [0.1, 0.15) is 25.7 Å². The van der Waals surface area contributed by atoms with Crippen molar-refractivity contribution < 1.29 is 14.7 Å². The van der Waals surface area contributed by atoms with Gasteiger partial charge in [-0.3, -0.25) is 4.79 Å². The van der Waals surface area contributed by atoms with Gasteiger partial charge < -0.3 is 19.9 Å². The molecular weight excluding hydrogens is 272 g/mol. The first kappa shape index (κ1) is 15.3. The summed E-state index contributed by atoms with van der Waals surface area (Å²) in [7, 11) is 0. The molecule has 0 bridgehead atoms. The molecule has 1 aromatic heterocycles. The minimum absolute atomic E-state index is 0.0601. The van der Waals surface area contributed by atoms with E-state index in [1.165, 1.54) is 0 Å². The summed E-state index contributed by atoms with van der Waals surface area (Å²) in [5.74, 6) is -0.467. The Hall–Kier alpha value is -2.05. The standard InChI is InChI=1S/C14H22N4O3/c19-13(20)4-3-12-2-1-7-18(10-12)14(21)16-6-9-17-8-5-15-11-17/h5,8,11-12H,1-4,6-7,9-10H2,(H,16,21)(H,19,20).